The maximum absolute atomic E-state index is 14.0. The number of hydrogen-bond acceptors (Lipinski definition) is 14. The van der Waals surface area contributed by atoms with Gasteiger partial charge in [-0.05, 0) is 145 Å². The van der Waals surface area contributed by atoms with E-state index in [1.807, 2.05) is 36.4 Å². The summed E-state index contributed by atoms with van der Waals surface area (Å²) >= 11 is 1.51. The number of aliphatic carboxylic acids is 2. The molecule has 6 aromatic carbocycles. The highest BCUT2D eigenvalue weighted by Crippen LogP contribution is 2.53. The van der Waals surface area contributed by atoms with Gasteiger partial charge < -0.3 is 39.8 Å². The van der Waals surface area contributed by atoms with Crippen LogP contribution in [0.15, 0.2) is 127 Å². The summed E-state index contributed by atoms with van der Waals surface area (Å²) < 4.78 is 128. The van der Waals surface area contributed by atoms with Crippen LogP contribution in [0.5, 0.6) is 23.0 Å². The number of carboxylic acid groups (broad SMARTS) is 2. The van der Waals surface area contributed by atoms with Crippen molar-refractivity contribution in [3.05, 3.63) is 161 Å². The summed E-state index contributed by atoms with van der Waals surface area (Å²) in [4.78, 5) is 85.3. The molecule has 30 heteroatoms. The fourth-order valence-corrected chi connectivity index (χ4v) is 12.8. The van der Waals surface area contributed by atoms with E-state index >= 15 is 0 Å². The SMILES string of the molecule is O=C(O)CCNC(=O)c1ccc(CN(C(=O)Nc2nc3ccc4c(c3s2)OC(F)(F)C(F)(F)O4)c2ccc(C3=CCCCC3)cc2)cc1.O=C(O)CCNC(=O)c1ccc(CN(C(=O)Nc2nc3ccc4c(c3s2)OC(F)(F)C(F)(F)O4)c2ccc(C3CCCCC3)cc2)cc1. The van der Waals surface area contributed by atoms with Crippen molar-refractivity contribution in [2.75, 3.05) is 33.5 Å². The van der Waals surface area contributed by atoms with Crippen LogP contribution in [0.2, 0.25) is 0 Å². The maximum atomic E-state index is 14.0. The number of benzene rings is 6. The Balaban J connectivity index is 0.000000195. The largest absolute Gasteiger partial charge is 0.507 e. The topological polar surface area (TPSA) is 260 Å². The van der Waals surface area contributed by atoms with E-state index in [2.05, 4.69) is 56.3 Å². The second-order valence-corrected chi connectivity index (χ2v) is 24.7. The van der Waals surface area contributed by atoms with Crippen molar-refractivity contribution >= 4 is 106 Å². The Morgan fingerprint density at radius 3 is 1.35 bits per heavy atom. The summed E-state index contributed by atoms with van der Waals surface area (Å²) in [5.41, 5.74) is 6.70. The molecule has 12 rings (SSSR count). The molecule has 0 bridgehead atoms. The molecular formula is C66H58F8N8O12S2. The minimum absolute atomic E-state index is 0.00450. The molecule has 2 aliphatic carbocycles. The van der Waals surface area contributed by atoms with Gasteiger partial charge in [0, 0.05) is 35.6 Å². The Hall–Kier alpha value is -10.1. The lowest BCUT2D eigenvalue weighted by molar-refractivity contribution is -0.391. The van der Waals surface area contributed by atoms with E-state index in [0.29, 0.717) is 39.5 Å². The fraction of sp³-hybridized carbons (Fsp3) is 0.303. The number of thiazole rings is 2. The smallest absolute Gasteiger partial charge is 0.481 e. The average molecular weight is 1370 g/mol. The zero-order valence-electron chi connectivity index (χ0n) is 50.4. The van der Waals surface area contributed by atoms with Crippen LogP contribution in [-0.4, -0.2) is 93.5 Å². The van der Waals surface area contributed by atoms with E-state index in [1.54, 1.807) is 60.7 Å². The molecule has 502 valence electrons. The number of amides is 6. The number of alkyl halides is 8. The number of hydrogen-bond donors (Lipinski definition) is 6. The van der Waals surface area contributed by atoms with E-state index < -0.39 is 83.2 Å². The van der Waals surface area contributed by atoms with E-state index in [0.717, 1.165) is 91.7 Å². The quantitative estimate of drug-likeness (QED) is 0.0437. The molecule has 96 heavy (non-hydrogen) atoms. The third-order valence-corrected chi connectivity index (χ3v) is 17.9. The van der Waals surface area contributed by atoms with Gasteiger partial charge in [0.2, 0.25) is 0 Å². The number of ether oxygens (including phenoxy) is 4. The van der Waals surface area contributed by atoms with Crippen molar-refractivity contribution in [2.24, 2.45) is 0 Å². The molecule has 4 aliphatic rings. The standard InChI is InChI=1S/C33H30F4N4O6S.C33H28F4N4O6S/c2*34-32(35)33(36,37)47-27-25(46-32)15-14-24-28(27)48-30(39-24)40-31(45)41(23-12-10-21(11-13-23)20-4-2-1-3-5-20)18-19-6-8-22(9-7-19)29(44)38-17-16-26(42)43/h6-15,20H,1-5,16-18H2,(H,38,44)(H,42,43)(H,39,40,45);4,6-15H,1-3,5,16-18H2,(H,38,44)(H,42,43)(H,39,40,45). The molecule has 1 fully saturated rings. The van der Waals surface area contributed by atoms with Crippen LogP contribution in [0.25, 0.3) is 26.0 Å². The molecule has 0 radical (unpaired) electrons. The van der Waals surface area contributed by atoms with Gasteiger partial charge in [-0.2, -0.15) is 35.1 Å². The van der Waals surface area contributed by atoms with Gasteiger partial charge in [0.15, 0.2) is 33.3 Å². The highest BCUT2D eigenvalue weighted by molar-refractivity contribution is 7.23. The molecule has 6 amide bonds. The van der Waals surface area contributed by atoms with Gasteiger partial charge in [-0.15, -0.1) is 0 Å². The first-order chi connectivity index (χ1) is 45.8. The van der Waals surface area contributed by atoms with Gasteiger partial charge in [0.05, 0.1) is 37.0 Å². The molecule has 6 N–H and O–H groups in total. The average Bonchev–Trinajstić information content (AvgIpc) is 1.64. The molecule has 2 aliphatic heterocycles. The molecule has 4 heterocycles. The molecule has 2 aromatic heterocycles. The van der Waals surface area contributed by atoms with Crippen LogP contribution in [0.1, 0.15) is 120 Å². The zero-order valence-corrected chi connectivity index (χ0v) is 52.0. The van der Waals surface area contributed by atoms with E-state index in [-0.39, 0.29) is 69.7 Å². The maximum Gasteiger partial charge on any atom is 0.507 e. The second kappa shape index (κ2) is 28.1. The first kappa shape index (κ1) is 67.3. The number of aromatic nitrogens is 2. The van der Waals surface area contributed by atoms with Crippen LogP contribution in [-0.2, 0) is 22.7 Å². The van der Waals surface area contributed by atoms with Gasteiger partial charge >= 0.3 is 48.4 Å². The minimum atomic E-state index is -4.92. The monoisotopic (exact) mass is 1370 g/mol. The first-order valence-corrected chi connectivity index (χ1v) is 31.8. The molecule has 8 aromatic rings. The van der Waals surface area contributed by atoms with Gasteiger partial charge in [-0.3, -0.25) is 39.6 Å². The van der Waals surface area contributed by atoms with E-state index in [9.17, 15) is 63.9 Å². The number of rotatable bonds is 18. The molecule has 20 nitrogen and oxygen atoms in total. The second-order valence-electron chi connectivity index (χ2n) is 22.7. The number of carbonyl (C=O) groups excluding carboxylic acids is 4. The summed E-state index contributed by atoms with van der Waals surface area (Å²) in [5, 5.41) is 28.0. The van der Waals surface area contributed by atoms with Gasteiger partial charge in [0.25, 0.3) is 11.8 Å². The number of halogens is 8. The van der Waals surface area contributed by atoms with Gasteiger partial charge in [0.1, 0.15) is 9.40 Å². The Labute approximate surface area is 548 Å². The third kappa shape index (κ3) is 15.3. The number of urea groups is 2. The first-order valence-electron chi connectivity index (χ1n) is 30.2. The Kier molecular flexibility index (Phi) is 19.7. The number of fused-ring (bicyclic) bond motifs is 6. The van der Waals surface area contributed by atoms with Crippen molar-refractivity contribution in [3.8, 4) is 23.0 Å². The van der Waals surface area contributed by atoms with Crippen molar-refractivity contribution in [1.82, 2.24) is 20.6 Å². The van der Waals surface area contributed by atoms with Gasteiger partial charge in [-0.1, -0.05) is 96.5 Å². The fourth-order valence-electron chi connectivity index (χ4n) is 11.0. The van der Waals surface area contributed by atoms with Crippen molar-refractivity contribution in [2.45, 2.75) is 114 Å². The summed E-state index contributed by atoms with van der Waals surface area (Å²) in [6.07, 6.45) is -7.88. The summed E-state index contributed by atoms with van der Waals surface area (Å²) in [5.74, 6) is -4.91. The van der Waals surface area contributed by atoms with Gasteiger partial charge in [-0.25, -0.2) is 19.6 Å². The molecular weight excluding hydrogens is 1310 g/mol. The van der Waals surface area contributed by atoms with Crippen LogP contribution >= 0.6 is 22.7 Å². The number of nitrogens with one attached hydrogen (secondary N) is 4. The van der Waals surface area contributed by atoms with E-state index in [1.165, 1.54) is 39.5 Å². The van der Waals surface area contributed by atoms with Crippen LogP contribution in [0.3, 0.4) is 0 Å². The van der Waals surface area contributed by atoms with E-state index in [4.69, 9.17) is 10.2 Å². The normalized spacial score (nSPS) is 16.4. The predicted molar refractivity (Wildman–Crippen MR) is 339 cm³/mol. The number of carboxylic acids is 2. The van der Waals surface area contributed by atoms with Crippen LogP contribution < -0.4 is 50.0 Å². The zero-order chi connectivity index (χ0) is 68.1. The molecule has 0 atom stereocenters. The number of nitrogens with zero attached hydrogens (tertiary/aromatic N) is 4. The molecule has 0 spiro atoms. The number of allylic oxidation sites excluding steroid dienone is 2. The Bertz CT molecular complexity index is 4270. The number of carbonyl (C=O) groups is 6. The number of anilines is 4. The Morgan fingerprint density at radius 1 is 0.510 bits per heavy atom. The van der Waals surface area contributed by atoms with Crippen molar-refractivity contribution in [3.63, 3.8) is 0 Å². The molecule has 1 saturated carbocycles. The lowest BCUT2D eigenvalue weighted by Gasteiger charge is -2.31. The molecule has 0 unspecified atom stereocenters. The van der Waals surface area contributed by atoms with Crippen LogP contribution in [0.4, 0.5) is 66.4 Å². The highest BCUT2D eigenvalue weighted by Gasteiger charge is 2.67. The summed E-state index contributed by atoms with van der Waals surface area (Å²) in [7, 11) is 0. The lowest BCUT2D eigenvalue weighted by atomic mass is 9.84. The minimum Gasteiger partial charge on any atom is -0.481 e. The lowest BCUT2D eigenvalue weighted by Crippen LogP contribution is -2.52. The van der Waals surface area contributed by atoms with Crippen molar-refractivity contribution in [1.29, 1.82) is 0 Å². The Morgan fingerprint density at radius 2 is 0.938 bits per heavy atom. The van der Waals surface area contributed by atoms with Crippen LogP contribution in [0, 0.1) is 0 Å². The molecule has 0 saturated heterocycles. The summed E-state index contributed by atoms with van der Waals surface area (Å²) in [6.45, 7) is 0.0597. The third-order valence-electron chi connectivity index (χ3n) is 16.0. The summed E-state index contributed by atoms with van der Waals surface area (Å²) in [6, 6.07) is 31.4. The van der Waals surface area contributed by atoms with Crippen molar-refractivity contribution < 1.29 is 93.1 Å². The highest BCUT2D eigenvalue weighted by atomic mass is 32.1. The predicted octanol–water partition coefficient (Wildman–Crippen LogP) is 15.4.